The molecule has 0 spiro atoms. The van der Waals surface area contributed by atoms with Gasteiger partial charge < -0.3 is 9.30 Å². The normalized spacial score (nSPS) is 14.9. The lowest BCUT2D eigenvalue weighted by Crippen LogP contribution is -2.32. The number of halogens is 2. The van der Waals surface area contributed by atoms with Gasteiger partial charge in [0.15, 0.2) is 0 Å². The Morgan fingerprint density at radius 3 is 2.50 bits per heavy atom. The van der Waals surface area contributed by atoms with Crippen molar-refractivity contribution < 1.29 is 18.7 Å². The van der Waals surface area contributed by atoms with Gasteiger partial charge in [-0.1, -0.05) is 48.0 Å². The highest BCUT2D eigenvalue weighted by Crippen LogP contribution is 2.36. The smallest absolute Gasteiger partial charge is 0.293 e. The molecule has 8 heteroatoms. The van der Waals surface area contributed by atoms with Crippen molar-refractivity contribution in [2.75, 3.05) is 13.2 Å². The van der Waals surface area contributed by atoms with Crippen LogP contribution in [0.1, 0.15) is 16.8 Å². The van der Waals surface area contributed by atoms with Crippen LogP contribution in [0.25, 0.3) is 17.0 Å². The number of amides is 2. The third-order valence-electron chi connectivity index (χ3n) is 6.11. The maximum absolute atomic E-state index is 14.4. The number of thioether (sulfide) groups is 1. The largest absolute Gasteiger partial charge is 0.492 e. The lowest BCUT2D eigenvalue weighted by atomic mass is 10.1. The fourth-order valence-electron chi connectivity index (χ4n) is 4.25. The van der Waals surface area contributed by atoms with Gasteiger partial charge in [0, 0.05) is 32.7 Å². The lowest BCUT2D eigenvalue weighted by molar-refractivity contribution is -0.123. The number of ether oxygens (including phenoxy) is 1. The van der Waals surface area contributed by atoms with Gasteiger partial charge in [0.05, 0.1) is 18.0 Å². The van der Waals surface area contributed by atoms with Gasteiger partial charge in [-0.2, -0.15) is 0 Å². The first kappa shape index (κ1) is 24.2. The van der Waals surface area contributed by atoms with E-state index in [0.29, 0.717) is 27.8 Å². The van der Waals surface area contributed by atoms with Gasteiger partial charge in [0.25, 0.3) is 11.1 Å². The number of nitrogens with zero attached hydrogens (tertiary/aromatic N) is 2. The Labute approximate surface area is 217 Å². The molecule has 4 aromatic rings. The van der Waals surface area contributed by atoms with Crippen LogP contribution >= 0.6 is 23.4 Å². The van der Waals surface area contributed by atoms with Crippen LogP contribution in [0.5, 0.6) is 5.75 Å². The zero-order valence-corrected chi connectivity index (χ0v) is 21.0. The minimum atomic E-state index is -0.352. The first-order valence-corrected chi connectivity index (χ1v) is 12.6. The van der Waals surface area contributed by atoms with Crippen molar-refractivity contribution in [3.63, 3.8) is 0 Å². The molecule has 1 fully saturated rings. The average Bonchev–Trinajstić information content (AvgIpc) is 3.29. The first-order chi connectivity index (χ1) is 17.4. The van der Waals surface area contributed by atoms with E-state index in [2.05, 4.69) is 0 Å². The Kier molecular flexibility index (Phi) is 6.85. The molecular weight excluding hydrogens is 499 g/mol. The molecule has 36 heavy (non-hydrogen) atoms. The van der Waals surface area contributed by atoms with Gasteiger partial charge in [0.1, 0.15) is 18.2 Å². The molecule has 2 heterocycles. The standard InChI is InChI=1S/C28H22ClFN2O3S/c1-18-23(22-7-3-5-9-25(22)32(18)17-19-6-2-4-8-24(19)30)16-26-27(33)31(28(34)36-26)14-15-35-21-12-10-20(29)11-13-21/h2-13,16H,14-15,17H2,1H3/b26-16-. The summed E-state index contributed by atoms with van der Waals surface area (Å²) in [6, 6.07) is 21.4. The molecule has 0 atom stereocenters. The van der Waals surface area contributed by atoms with Crippen LogP contribution in [0.3, 0.4) is 0 Å². The molecule has 0 unspecified atom stereocenters. The third-order valence-corrected chi connectivity index (χ3v) is 7.27. The van der Waals surface area contributed by atoms with Crippen molar-refractivity contribution in [2.24, 2.45) is 0 Å². The summed E-state index contributed by atoms with van der Waals surface area (Å²) in [6.45, 7) is 2.61. The molecule has 1 saturated heterocycles. The maximum atomic E-state index is 14.4. The van der Waals surface area contributed by atoms with Crippen LogP contribution in [0.4, 0.5) is 9.18 Å². The number of aromatic nitrogens is 1. The molecule has 0 aliphatic carbocycles. The molecule has 5 rings (SSSR count). The van der Waals surface area contributed by atoms with Crippen molar-refractivity contribution in [1.82, 2.24) is 9.47 Å². The van der Waals surface area contributed by atoms with Gasteiger partial charge in [-0.25, -0.2) is 4.39 Å². The highest BCUT2D eigenvalue weighted by atomic mass is 35.5. The van der Waals surface area contributed by atoms with Crippen molar-refractivity contribution in [3.8, 4) is 5.75 Å². The van der Waals surface area contributed by atoms with Crippen molar-refractivity contribution in [1.29, 1.82) is 0 Å². The highest BCUT2D eigenvalue weighted by molar-refractivity contribution is 8.18. The zero-order chi connectivity index (χ0) is 25.2. The predicted molar refractivity (Wildman–Crippen MR) is 142 cm³/mol. The minimum Gasteiger partial charge on any atom is -0.492 e. The number of benzene rings is 3. The van der Waals surface area contributed by atoms with Crippen LogP contribution in [-0.2, 0) is 11.3 Å². The predicted octanol–water partition coefficient (Wildman–Crippen LogP) is 6.91. The first-order valence-electron chi connectivity index (χ1n) is 11.4. The fourth-order valence-corrected chi connectivity index (χ4v) is 5.22. The third kappa shape index (κ3) is 4.76. The van der Waals surface area contributed by atoms with E-state index in [4.69, 9.17) is 16.3 Å². The number of hydrogen-bond donors (Lipinski definition) is 0. The van der Waals surface area contributed by atoms with Crippen LogP contribution in [0.2, 0.25) is 5.02 Å². The molecule has 1 aliphatic heterocycles. The second kappa shape index (κ2) is 10.2. The summed E-state index contributed by atoms with van der Waals surface area (Å²) in [4.78, 5) is 27.2. The quantitative estimate of drug-likeness (QED) is 0.248. The van der Waals surface area contributed by atoms with E-state index in [1.165, 1.54) is 11.0 Å². The second-order valence-electron chi connectivity index (χ2n) is 8.33. The van der Waals surface area contributed by atoms with E-state index in [0.717, 1.165) is 33.9 Å². The van der Waals surface area contributed by atoms with Crippen LogP contribution in [0.15, 0.2) is 77.7 Å². The molecule has 2 amide bonds. The Morgan fingerprint density at radius 1 is 1.00 bits per heavy atom. The summed E-state index contributed by atoms with van der Waals surface area (Å²) in [5, 5.41) is 1.20. The number of hydrogen-bond acceptors (Lipinski definition) is 4. The number of imide groups is 1. The molecule has 3 aromatic carbocycles. The average molecular weight is 521 g/mol. The highest BCUT2D eigenvalue weighted by Gasteiger charge is 2.35. The molecule has 0 N–H and O–H groups in total. The summed E-state index contributed by atoms with van der Waals surface area (Å²) in [5.41, 5.74) is 3.23. The maximum Gasteiger partial charge on any atom is 0.293 e. The van der Waals surface area contributed by atoms with Gasteiger partial charge in [-0.15, -0.1) is 0 Å². The van der Waals surface area contributed by atoms with E-state index in [1.807, 2.05) is 41.8 Å². The number of carbonyl (C=O) groups is 2. The van der Waals surface area contributed by atoms with Crippen LogP contribution in [0, 0.1) is 12.7 Å². The van der Waals surface area contributed by atoms with E-state index < -0.39 is 0 Å². The number of para-hydroxylation sites is 1. The van der Waals surface area contributed by atoms with Crippen LogP contribution in [-0.4, -0.2) is 33.8 Å². The topological polar surface area (TPSA) is 51.5 Å². The molecule has 0 radical (unpaired) electrons. The van der Waals surface area contributed by atoms with Crippen molar-refractivity contribution in [3.05, 3.63) is 105 Å². The van der Waals surface area contributed by atoms with Gasteiger partial charge in [-0.3, -0.25) is 14.5 Å². The van der Waals surface area contributed by atoms with Gasteiger partial charge in [-0.05, 0) is 61.2 Å². The SMILES string of the molecule is Cc1c(/C=C2\SC(=O)N(CCOc3ccc(Cl)cc3)C2=O)c2ccccc2n1Cc1ccccc1F. The Bertz CT molecular complexity index is 1500. The molecule has 5 nitrogen and oxygen atoms in total. The van der Waals surface area contributed by atoms with E-state index >= 15 is 0 Å². The second-order valence-corrected chi connectivity index (χ2v) is 9.76. The van der Waals surface area contributed by atoms with Crippen molar-refractivity contribution in [2.45, 2.75) is 13.5 Å². The summed E-state index contributed by atoms with van der Waals surface area (Å²) in [7, 11) is 0. The number of fused-ring (bicyclic) bond motifs is 1. The van der Waals surface area contributed by atoms with Gasteiger partial charge >= 0.3 is 0 Å². The zero-order valence-electron chi connectivity index (χ0n) is 19.4. The van der Waals surface area contributed by atoms with Gasteiger partial charge in [0.2, 0.25) is 0 Å². The molecular formula is C28H22ClFN2O3S. The Balaban J connectivity index is 1.39. The Morgan fingerprint density at radius 2 is 1.72 bits per heavy atom. The van der Waals surface area contributed by atoms with E-state index in [-0.39, 0.29) is 30.1 Å². The van der Waals surface area contributed by atoms with E-state index in [9.17, 15) is 14.0 Å². The minimum absolute atomic E-state index is 0.138. The van der Waals surface area contributed by atoms with E-state index in [1.54, 1.807) is 42.5 Å². The summed E-state index contributed by atoms with van der Waals surface area (Å²) in [6.07, 6.45) is 1.76. The summed E-state index contributed by atoms with van der Waals surface area (Å²) < 4.78 is 22.1. The summed E-state index contributed by atoms with van der Waals surface area (Å²) >= 11 is 6.80. The van der Waals surface area contributed by atoms with Crippen LogP contribution < -0.4 is 4.74 Å². The van der Waals surface area contributed by atoms with Crippen molar-refractivity contribution >= 4 is 51.5 Å². The summed E-state index contributed by atoms with van der Waals surface area (Å²) in [5.74, 6) is -0.00610. The molecule has 1 aromatic heterocycles. The molecule has 1 aliphatic rings. The molecule has 0 saturated carbocycles. The fraction of sp³-hybridized carbons (Fsp3) is 0.143. The Hall–Kier alpha value is -3.55. The molecule has 182 valence electrons. The molecule has 0 bridgehead atoms. The number of carbonyl (C=O) groups excluding carboxylic acids is 2. The number of rotatable bonds is 7. The lowest BCUT2D eigenvalue weighted by Gasteiger charge is -2.13. The monoisotopic (exact) mass is 520 g/mol.